The molecule has 0 aliphatic heterocycles. The maximum Gasteiger partial charge on any atom is 0.322 e. The minimum absolute atomic E-state index is 0.174. The SMILES string of the molecule is COC(=O)C(CC(C)C)NCc1cc(C#N)ccc1F. The van der Waals surface area contributed by atoms with Crippen LogP contribution in [0.3, 0.4) is 0 Å². The molecule has 0 aliphatic rings. The summed E-state index contributed by atoms with van der Waals surface area (Å²) in [6.07, 6.45) is 0.603. The summed E-state index contributed by atoms with van der Waals surface area (Å²) in [4.78, 5) is 11.6. The molecule has 0 amide bonds. The number of nitriles is 1. The Balaban J connectivity index is 2.77. The number of esters is 1. The Morgan fingerprint density at radius 1 is 1.50 bits per heavy atom. The smallest absolute Gasteiger partial charge is 0.322 e. The van der Waals surface area contributed by atoms with Crippen molar-refractivity contribution in [3.63, 3.8) is 0 Å². The highest BCUT2D eigenvalue weighted by Gasteiger charge is 2.20. The van der Waals surface area contributed by atoms with Gasteiger partial charge in [-0.05, 0) is 30.5 Å². The number of hydrogen-bond donors (Lipinski definition) is 1. The van der Waals surface area contributed by atoms with Crippen LogP contribution in [0.4, 0.5) is 4.39 Å². The predicted octanol–water partition coefficient (Wildman–Crippen LogP) is 2.37. The number of halogens is 1. The molecule has 0 fully saturated rings. The van der Waals surface area contributed by atoms with Gasteiger partial charge in [-0.1, -0.05) is 13.8 Å². The maximum atomic E-state index is 13.6. The Labute approximate surface area is 118 Å². The van der Waals surface area contributed by atoms with Gasteiger partial charge in [0.2, 0.25) is 0 Å². The van der Waals surface area contributed by atoms with Crippen molar-refractivity contribution < 1.29 is 13.9 Å². The molecule has 20 heavy (non-hydrogen) atoms. The molecule has 108 valence electrons. The summed E-state index contributed by atoms with van der Waals surface area (Å²) in [5.74, 6) is -0.456. The fraction of sp³-hybridized carbons (Fsp3) is 0.467. The van der Waals surface area contributed by atoms with E-state index in [9.17, 15) is 9.18 Å². The molecule has 5 heteroatoms. The third kappa shape index (κ3) is 4.63. The summed E-state index contributed by atoms with van der Waals surface area (Å²) < 4.78 is 18.4. The van der Waals surface area contributed by atoms with Crippen molar-refractivity contribution in [1.82, 2.24) is 5.32 Å². The fourth-order valence-electron chi connectivity index (χ4n) is 1.89. The highest BCUT2D eigenvalue weighted by molar-refractivity contribution is 5.75. The Bertz CT molecular complexity index is 509. The monoisotopic (exact) mass is 278 g/mol. The van der Waals surface area contributed by atoms with Crippen LogP contribution in [-0.2, 0) is 16.1 Å². The number of nitrogens with one attached hydrogen (secondary N) is 1. The standard InChI is InChI=1S/C15H19FN2O2/c1-10(2)6-14(15(19)20-3)18-9-12-7-11(8-17)4-5-13(12)16/h4-5,7,10,14,18H,6,9H2,1-3H3. The van der Waals surface area contributed by atoms with Gasteiger partial charge < -0.3 is 10.1 Å². The topological polar surface area (TPSA) is 62.1 Å². The van der Waals surface area contributed by atoms with Gasteiger partial charge in [-0.2, -0.15) is 5.26 Å². The van der Waals surface area contributed by atoms with Crippen LogP contribution in [0.1, 0.15) is 31.4 Å². The lowest BCUT2D eigenvalue weighted by Crippen LogP contribution is -2.38. The second kappa shape index (κ2) is 7.61. The Kier molecular flexibility index (Phi) is 6.13. The van der Waals surface area contributed by atoms with Gasteiger partial charge >= 0.3 is 5.97 Å². The molecule has 1 unspecified atom stereocenters. The Morgan fingerprint density at radius 3 is 2.75 bits per heavy atom. The average molecular weight is 278 g/mol. The summed E-state index contributed by atoms with van der Waals surface area (Å²) in [6, 6.07) is 5.64. The number of ether oxygens (including phenoxy) is 1. The summed E-state index contributed by atoms with van der Waals surface area (Å²) in [7, 11) is 1.33. The van der Waals surface area contributed by atoms with Crippen molar-refractivity contribution in [2.45, 2.75) is 32.9 Å². The molecule has 0 aromatic heterocycles. The van der Waals surface area contributed by atoms with Crippen LogP contribution in [0, 0.1) is 23.1 Å². The van der Waals surface area contributed by atoms with E-state index in [0.29, 0.717) is 23.5 Å². The van der Waals surface area contributed by atoms with E-state index >= 15 is 0 Å². The number of rotatable bonds is 6. The van der Waals surface area contributed by atoms with Gasteiger partial charge in [-0.25, -0.2) is 4.39 Å². The molecule has 1 rings (SSSR count). The summed E-state index contributed by atoms with van der Waals surface area (Å²) in [5, 5.41) is 11.8. The van der Waals surface area contributed by atoms with Crippen LogP contribution in [0.25, 0.3) is 0 Å². The molecular formula is C15H19FN2O2. The minimum Gasteiger partial charge on any atom is -0.468 e. The first kappa shape index (κ1) is 16.1. The van der Waals surface area contributed by atoms with E-state index in [4.69, 9.17) is 10.00 Å². The number of carbonyl (C=O) groups is 1. The maximum absolute atomic E-state index is 13.6. The molecule has 0 radical (unpaired) electrons. The lowest BCUT2D eigenvalue weighted by molar-refractivity contribution is -0.143. The Hall–Kier alpha value is -1.93. The summed E-state index contributed by atoms with van der Waals surface area (Å²) >= 11 is 0. The second-order valence-corrected chi connectivity index (χ2v) is 5.00. The second-order valence-electron chi connectivity index (χ2n) is 5.00. The third-order valence-electron chi connectivity index (χ3n) is 2.91. The van der Waals surface area contributed by atoms with E-state index < -0.39 is 11.9 Å². The molecule has 4 nitrogen and oxygen atoms in total. The van der Waals surface area contributed by atoms with Gasteiger partial charge in [0, 0.05) is 12.1 Å². The van der Waals surface area contributed by atoms with Crippen LogP contribution in [0.15, 0.2) is 18.2 Å². The molecule has 1 N–H and O–H groups in total. The van der Waals surface area contributed by atoms with Gasteiger partial charge in [-0.15, -0.1) is 0 Å². The zero-order valence-corrected chi connectivity index (χ0v) is 11.9. The van der Waals surface area contributed by atoms with E-state index in [1.807, 2.05) is 19.9 Å². The first-order valence-corrected chi connectivity index (χ1v) is 6.47. The van der Waals surface area contributed by atoms with Crippen LogP contribution in [0.2, 0.25) is 0 Å². The third-order valence-corrected chi connectivity index (χ3v) is 2.91. The van der Waals surface area contributed by atoms with Crippen molar-refractivity contribution in [2.24, 2.45) is 5.92 Å². The molecule has 0 aliphatic carbocycles. The largest absolute Gasteiger partial charge is 0.468 e. The molecule has 1 aromatic rings. The average Bonchev–Trinajstić information content (AvgIpc) is 2.43. The van der Waals surface area contributed by atoms with Gasteiger partial charge in [0.15, 0.2) is 0 Å². The van der Waals surface area contributed by atoms with Crippen LogP contribution in [0.5, 0.6) is 0 Å². The molecule has 0 saturated carbocycles. The zero-order chi connectivity index (χ0) is 15.1. The molecule has 0 heterocycles. The predicted molar refractivity (Wildman–Crippen MR) is 73.2 cm³/mol. The first-order valence-electron chi connectivity index (χ1n) is 6.47. The van der Waals surface area contributed by atoms with Crippen molar-refractivity contribution in [3.05, 3.63) is 35.1 Å². The van der Waals surface area contributed by atoms with E-state index in [1.165, 1.54) is 25.3 Å². The van der Waals surface area contributed by atoms with Gasteiger partial charge in [0.05, 0.1) is 18.7 Å². The van der Waals surface area contributed by atoms with E-state index in [1.54, 1.807) is 0 Å². The molecule has 0 saturated heterocycles. The number of hydrogen-bond acceptors (Lipinski definition) is 4. The van der Waals surface area contributed by atoms with Crippen LogP contribution < -0.4 is 5.32 Å². The van der Waals surface area contributed by atoms with Crippen molar-refractivity contribution in [1.29, 1.82) is 5.26 Å². The van der Waals surface area contributed by atoms with Gasteiger partial charge in [0.25, 0.3) is 0 Å². The van der Waals surface area contributed by atoms with Crippen molar-refractivity contribution in [2.75, 3.05) is 7.11 Å². The van der Waals surface area contributed by atoms with Crippen LogP contribution >= 0.6 is 0 Å². The summed E-state index contributed by atoms with van der Waals surface area (Å²) in [6.45, 7) is 4.16. The molecule has 0 bridgehead atoms. The number of carbonyl (C=O) groups excluding carboxylic acids is 1. The van der Waals surface area contributed by atoms with Gasteiger partial charge in [0.1, 0.15) is 11.9 Å². The van der Waals surface area contributed by atoms with Gasteiger partial charge in [-0.3, -0.25) is 4.79 Å². The minimum atomic E-state index is -0.481. The van der Waals surface area contributed by atoms with E-state index in [2.05, 4.69) is 5.32 Å². The fourth-order valence-corrected chi connectivity index (χ4v) is 1.89. The normalized spacial score (nSPS) is 12.0. The molecule has 1 aromatic carbocycles. The summed E-state index contributed by atoms with van der Waals surface area (Å²) in [5.41, 5.74) is 0.753. The molecule has 0 spiro atoms. The highest BCUT2D eigenvalue weighted by Crippen LogP contribution is 2.12. The number of methoxy groups -OCH3 is 1. The van der Waals surface area contributed by atoms with Crippen LogP contribution in [-0.4, -0.2) is 19.1 Å². The number of benzene rings is 1. The van der Waals surface area contributed by atoms with Crippen molar-refractivity contribution >= 4 is 5.97 Å². The lowest BCUT2D eigenvalue weighted by Gasteiger charge is -2.18. The quantitative estimate of drug-likeness (QED) is 0.811. The zero-order valence-electron chi connectivity index (χ0n) is 11.9. The Morgan fingerprint density at radius 2 is 2.20 bits per heavy atom. The molecule has 1 atom stereocenters. The lowest BCUT2D eigenvalue weighted by atomic mass is 10.0. The highest BCUT2D eigenvalue weighted by atomic mass is 19.1. The molecular weight excluding hydrogens is 259 g/mol. The van der Waals surface area contributed by atoms with E-state index in [-0.39, 0.29) is 12.5 Å². The first-order chi connectivity index (χ1) is 9.47. The van der Waals surface area contributed by atoms with E-state index in [0.717, 1.165) is 0 Å². The van der Waals surface area contributed by atoms with Crippen molar-refractivity contribution in [3.8, 4) is 6.07 Å². The number of nitrogens with zero attached hydrogens (tertiary/aromatic N) is 1.